The summed E-state index contributed by atoms with van der Waals surface area (Å²) in [5.41, 5.74) is 6.54. The maximum absolute atomic E-state index is 8.57. The van der Waals surface area contributed by atoms with Crippen LogP contribution < -0.4 is 4.74 Å². The van der Waals surface area contributed by atoms with E-state index < -0.39 is 6.37 Å². The van der Waals surface area contributed by atoms with E-state index in [0.717, 1.165) is 28.0 Å². The van der Waals surface area contributed by atoms with Gasteiger partial charge in [0.05, 0.1) is 23.0 Å². The van der Waals surface area contributed by atoms with Crippen molar-refractivity contribution in [3.05, 3.63) is 118 Å². The molecule has 0 N–H and O–H groups in total. The average molecular weight is 454 g/mol. The van der Waals surface area contributed by atoms with Crippen molar-refractivity contribution in [2.45, 2.75) is 26.1 Å². The second-order valence-corrected chi connectivity index (χ2v) is 8.77. The zero-order valence-corrected chi connectivity index (χ0v) is 19.4. The number of rotatable bonds is 5. The number of benzene rings is 4. The normalized spacial score (nSPS) is 14.8. The summed E-state index contributed by atoms with van der Waals surface area (Å²) >= 11 is 6.86. The van der Waals surface area contributed by atoms with Crippen LogP contribution in [-0.4, -0.2) is 12.3 Å². The zero-order chi connectivity index (χ0) is 24.6. The molecular weight excluding hydrogens is 426 g/mol. The third-order valence-corrected chi connectivity index (χ3v) is 6.26. The molecule has 0 aromatic heterocycles. The van der Waals surface area contributed by atoms with Crippen molar-refractivity contribution in [3.8, 4) is 16.9 Å². The standard InChI is InChI=1S/C30H26ClNO/c1-20(2)21-13-15-22(16-14-21)26-19-27(28(31)25-17-18-33-30(25)26)32-29(23-9-5-3-6-10-23)24-11-7-4-8-12-24/h3-16,19-20H,17-18H2,1-2H3/i17D2. The van der Waals surface area contributed by atoms with Crippen LogP contribution in [0.4, 0.5) is 5.69 Å². The molecule has 0 saturated heterocycles. The van der Waals surface area contributed by atoms with Crippen LogP contribution in [0.5, 0.6) is 5.75 Å². The summed E-state index contributed by atoms with van der Waals surface area (Å²) in [5, 5.41) is 0.286. The molecule has 0 bridgehead atoms. The minimum absolute atomic E-state index is 0.0729. The Balaban J connectivity index is 1.75. The highest BCUT2D eigenvalue weighted by Crippen LogP contribution is 2.46. The Morgan fingerprint density at radius 1 is 0.909 bits per heavy atom. The van der Waals surface area contributed by atoms with Crippen molar-refractivity contribution in [2.75, 3.05) is 6.61 Å². The molecule has 4 aromatic carbocycles. The third-order valence-electron chi connectivity index (χ3n) is 5.88. The van der Waals surface area contributed by atoms with Gasteiger partial charge in [0.25, 0.3) is 0 Å². The second kappa shape index (κ2) is 9.25. The molecule has 4 aromatic rings. The van der Waals surface area contributed by atoms with Crippen LogP contribution in [0.1, 0.15) is 44.8 Å². The monoisotopic (exact) mass is 453 g/mol. The van der Waals surface area contributed by atoms with Gasteiger partial charge < -0.3 is 4.74 Å². The molecule has 0 atom stereocenters. The van der Waals surface area contributed by atoms with Gasteiger partial charge in [0, 0.05) is 31.4 Å². The van der Waals surface area contributed by atoms with Crippen LogP contribution in [0.15, 0.2) is 96.0 Å². The summed E-state index contributed by atoms with van der Waals surface area (Å²) in [5.74, 6) is 0.919. The Bertz CT molecular complexity index is 1340. The Morgan fingerprint density at radius 2 is 1.52 bits per heavy atom. The van der Waals surface area contributed by atoms with Crippen LogP contribution in [-0.2, 0) is 6.37 Å². The highest BCUT2D eigenvalue weighted by Gasteiger charge is 2.24. The van der Waals surface area contributed by atoms with E-state index >= 15 is 0 Å². The van der Waals surface area contributed by atoms with E-state index in [4.69, 9.17) is 24.1 Å². The lowest BCUT2D eigenvalue weighted by Crippen LogP contribution is -2.03. The lowest BCUT2D eigenvalue weighted by atomic mass is 9.96. The summed E-state index contributed by atoms with van der Waals surface area (Å²) in [6.07, 6.45) is -1.70. The quantitative estimate of drug-likeness (QED) is 0.279. The van der Waals surface area contributed by atoms with Crippen molar-refractivity contribution in [2.24, 2.45) is 4.99 Å². The van der Waals surface area contributed by atoms with E-state index in [1.165, 1.54) is 5.56 Å². The number of halogens is 1. The van der Waals surface area contributed by atoms with Crippen LogP contribution in [0.3, 0.4) is 0 Å². The van der Waals surface area contributed by atoms with E-state index in [9.17, 15) is 0 Å². The number of hydrogen-bond donors (Lipinski definition) is 0. The minimum atomic E-state index is -1.70. The fraction of sp³-hybridized carbons (Fsp3) is 0.167. The molecule has 0 radical (unpaired) electrons. The molecule has 1 aliphatic rings. The molecule has 0 spiro atoms. The molecule has 164 valence electrons. The molecule has 2 nitrogen and oxygen atoms in total. The molecule has 0 fully saturated rings. The number of nitrogens with zero attached hydrogens (tertiary/aromatic N) is 1. The largest absolute Gasteiger partial charge is 0.492 e. The van der Waals surface area contributed by atoms with Gasteiger partial charge in [0.2, 0.25) is 0 Å². The van der Waals surface area contributed by atoms with E-state index in [1.54, 1.807) is 0 Å². The van der Waals surface area contributed by atoms with Gasteiger partial charge in [0.1, 0.15) is 5.75 Å². The smallest absolute Gasteiger partial charge is 0.132 e. The molecule has 0 saturated carbocycles. The first-order valence-electron chi connectivity index (χ1n) is 12.1. The van der Waals surface area contributed by atoms with Crippen molar-refractivity contribution < 1.29 is 7.48 Å². The van der Waals surface area contributed by atoms with Crippen LogP contribution in [0, 0.1) is 0 Å². The third kappa shape index (κ3) is 4.31. The van der Waals surface area contributed by atoms with Crippen molar-refractivity contribution >= 4 is 23.0 Å². The van der Waals surface area contributed by atoms with Crippen LogP contribution >= 0.6 is 11.6 Å². The number of aliphatic imine (C=N–C) groups is 1. The first kappa shape index (κ1) is 19.1. The van der Waals surface area contributed by atoms with Gasteiger partial charge in [-0.1, -0.05) is 110 Å². The van der Waals surface area contributed by atoms with E-state index in [0.29, 0.717) is 22.9 Å². The van der Waals surface area contributed by atoms with Gasteiger partial charge in [-0.3, -0.25) is 0 Å². The average Bonchev–Trinajstić information content (AvgIpc) is 3.20. The van der Waals surface area contributed by atoms with Gasteiger partial charge in [-0.2, -0.15) is 0 Å². The highest BCUT2D eigenvalue weighted by atomic mass is 35.5. The van der Waals surface area contributed by atoms with Crippen molar-refractivity contribution in [1.29, 1.82) is 0 Å². The van der Waals surface area contributed by atoms with E-state index in [1.807, 2.05) is 66.7 Å². The minimum Gasteiger partial charge on any atom is -0.492 e. The van der Waals surface area contributed by atoms with Gasteiger partial charge in [-0.25, -0.2) is 4.99 Å². The topological polar surface area (TPSA) is 21.6 Å². The molecule has 33 heavy (non-hydrogen) atoms. The molecule has 5 rings (SSSR count). The van der Waals surface area contributed by atoms with Crippen LogP contribution in [0.25, 0.3) is 11.1 Å². The predicted molar refractivity (Wildman–Crippen MR) is 138 cm³/mol. The van der Waals surface area contributed by atoms with Gasteiger partial charge in [-0.15, -0.1) is 0 Å². The molecule has 0 aliphatic carbocycles. The number of hydrogen-bond acceptors (Lipinski definition) is 2. The van der Waals surface area contributed by atoms with Crippen molar-refractivity contribution in [1.82, 2.24) is 0 Å². The Morgan fingerprint density at radius 3 is 2.09 bits per heavy atom. The Labute approximate surface area is 203 Å². The summed E-state index contributed by atoms with van der Waals surface area (Å²) < 4.78 is 23.0. The molecule has 0 amide bonds. The lowest BCUT2D eigenvalue weighted by Gasteiger charge is -2.14. The molecule has 3 heteroatoms. The molecule has 1 heterocycles. The van der Waals surface area contributed by atoms with Crippen molar-refractivity contribution in [3.63, 3.8) is 0 Å². The zero-order valence-electron chi connectivity index (χ0n) is 20.7. The maximum Gasteiger partial charge on any atom is 0.132 e. The second-order valence-electron chi connectivity index (χ2n) is 8.40. The first-order chi connectivity index (χ1) is 16.8. The fourth-order valence-electron chi connectivity index (χ4n) is 4.07. The first-order valence-corrected chi connectivity index (χ1v) is 11.5. The number of ether oxygens (including phenoxy) is 1. The van der Waals surface area contributed by atoms with E-state index in [-0.39, 0.29) is 11.6 Å². The number of fused-ring (bicyclic) bond motifs is 1. The SMILES string of the molecule is [2H]C1([2H])COc2c(-c3ccc(C(C)C)cc3)cc(N=C(c3ccccc3)c3ccccc3)c(Cl)c21. The lowest BCUT2D eigenvalue weighted by molar-refractivity contribution is 0.358. The summed E-state index contributed by atoms with van der Waals surface area (Å²) in [6, 6.07) is 30.1. The maximum atomic E-state index is 8.57. The van der Waals surface area contributed by atoms with Gasteiger partial charge in [0.15, 0.2) is 0 Å². The summed E-state index contributed by atoms with van der Waals surface area (Å²) in [7, 11) is 0. The van der Waals surface area contributed by atoms with Crippen LogP contribution in [0.2, 0.25) is 5.02 Å². The molecule has 0 unspecified atom stereocenters. The Hall–Kier alpha value is -3.36. The Kier molecular flexibility index (Phi) is 5.36. The highest BCUT2D eigenvalue weighted by molar-refractivity contribution is 6.34. The summed E-state index contributed by atoms with van der Waals surface area (Å²) in [4.78, 5) is 5.04. The predicted octanol–water partition coefficient (Wildman–Crippen LogP) is 8.23. The van der Waals surface area contributed by atoms with E-state index in [2.05, 4.69) is 38.1 Å². The van der Waals surface area contributed by atoms with Gasteiger partial charge in [-0.05, 0) is 23.1 Å². The molecular formula is C30H26ClNO. The fourth-order valence-corrected chi connectivity index (χ4v) is 4.32. The van der Waals surface area contributed by atoms with Gasteiger partial charge >= 0.3 is 0 Å². The molecule has 1 aliphatic heterocycles. The summed E-state index contributed by atoms with van der Waals surface area (Å²) in [6.45, 7) is 4.25.